The molecule has 0 spiro atoms. The molecular formula is C41H26N2. The fraction of sp³-hybridized carbons (Fsp3) is 0. The first-order valence-electron chi connectivity index (χ1n) is 14.7. The predicted molar refractivity (Wildman–Crippen MR) is 182 cm³/mol. The minimum Gasteiger partial charge on any atom is -0.309 e. The normalized spacial score (nSPS) is 11.7. The Morgan fingerprint density at radius 2 is 0.930 bits per heavy atom. The van der Waals surface area contributed by atoms with Crippen LogP contribution >= 0.6 is 0 Å². The zero-order chi connectivity index (χ0) is 28.3. The molecular weight excluding hydrogens is 520 g/mol. The van der Waals surface area contributed by atoms with Crippen LogP contribution in [0.1, 0.15) is 0 Å². The molecule has 0 radical (unpaired) electrons. The maximum absolute atomic E-state index is 5.35. The number of fused-ring (bicyclic) bond motifs is 7. The average Bonchev–Trinajstić information content (AvgIpc) is 3.47. The fourth-order valence-corrected chi connectivity index (χ4v) is 6.75. The average molecular weight is 547 g/mol. The van der Waals surface area contributed by atoms with Crippen molar-refractivity contribution in [3.63, 3.8) is 0 Å². The van der Waals surface area contributed by atoms with Crippen molar-refractivity contribution in [1.82, 2.24) is 9.55 Å². The van der Waals surface area contributed by atoms with Crippen LogP contribution in [0.15, 0.2) is 158 Å². The van der Waals surface area contributed by atoms with Gasteiger partial charge >= 0.3 is 0 Å². The van der Waals surface area contributed by atoms with Crippen molar-refractivity contribution in [2.24, 2.45) is 0 Å². The van der Waals surface area contributed by atoms with E-state index in [-0.39, 0.29) is 0 Å². The summed E-state index contributed by atoms with van der Waals surface area (Å²) < 4.78 is 2.36. The Bertz CT molecular complexity index is 2390. The van der Waals surface area contributed by atoms with Gasteiger partial charge in [0.25, 0.3) is 0 Å². The summed E-state index contributed by atoms with van der Waals surface area (Å²) in [6.07, 6.45) is 0. The van der Waals surface area contributed by atoms with E-state index in [0.29, 0.717) is 0 Å². The molecule has 9 aromatic rings. The van der Waals surface area contributed by atoms with Crippen molar-refractivity contribution in [1.29, 1.82) is 0 Å². The third-order valence-corrected chi connectivity index (χ3v) is 8.76. The molecule has 2 nitrogen and oxygen atoms in total. The van der Waals surface area contributed by atoms with Crippen LogP contribution in [0.5, 0.6) is 0 Å². The van der Waals surface area contributed by atoms with Gasteiger partial charge < -0.3 is 4.57 Å². The molecule has 0 unspecified atom stereocenters. The fourth-order valence-electron chi connectivity index (χ4n) is 6.75. The monoisotopic (exact) mass is 546 g/mol. The summed E-state index contributed by atoms with van der Waals surface area (Å²) in [4.78, 5) is 5.35. The second kappa shape index (κ2) is 9.40. The van der Waals surface area contributed by atoms with Gasteiger partial charge in [0.15, 0.2) is 0 Å². The zero-order valence-electron chi connectivity index (χ0n) is 23.4. The highest BCUT2D eigenvalue weighted by atomic mass is 15.0. The maximum atomic E-state index is 5.35. The molecule has 0 bridgehead atoms. The molecule has 0 saturated heterocycles. The highest BCUT2D eigenvalue weighted by Gasteiger charge is 2.17. The van der Waals surface area contributed by atoms with Gasteiger partial charge in [-0.2, -0.15) is 0 Å². The molecule has 43 heavy (non-hydrogen) atoms. The Morgan fingerprint density at radius 1 is 0.395 bits per heavy atom. The first-order chi connectivity index (χ1) is 21.3. The number of para-hydroxylation sites is 2. The lowest BCUT2D eigenvalue weighted by molar-refractivity contribution is 1.13. The van der Waals surface area contributed by atoms with Gasteiger partial charge in [0, 0.05) is 38.2 Å². The SMILES string of the molecule is c1ccc(-n2c(-c3ccc(-c4c5ccc6ccccc6c5nc5c4ccc4ccccc45)cc3)cc3ccccc32)cc1. The molecule has 0 aliphatic rings. The van der Waals surface area contributed by atoms with Gasteiger partial charge in [0.2, 0.25) is 0 Å². The summed E-state index contributed by atoms with van der Waals surface area (Å²) in [5.74, 6) is 0. The van der Waals surface area contributed by atoms with Gasteiger partial charge in [0.1, 0.15) is 0 Å². The second-order valence-electron chi connectivity index (χ2n) is 11.2. The van der Waals surface area contributed by atoms with Gasteiger partial charge in [-0.1, -0.05) is 133 Å². The van der Waals surface area contributed by atoms with E-state index < -0.39 is 0 Å². The van der Waals surface area contributed by atoms with E-state index in [2.05, 4.69) is 162 Å². The quantitative estimate of drug-likeness (QED) is 0.159. The lowest BCUT2D eigenvalue weighted by Crippen LogP contribution is -1.96. The van der Waals surface area contributed by atoms with Crippen LogP contribution in [0.3, 0.4) is 0 Å². The molecule has 0 aliphatic carbocycles. The Kier molecular flexibility index (Phi) is 5.23. The highest BCUT2D eigenvalue weighted by Crippen LogP contribution is 2.41. The van der Waals surface area contributed by atoms with Crippen LogP contribution in [-0.4, -0.2) is 9.55 Å². The van der Waals surface area contributed by atoms with Gasteiger partial charge in [-0.05, 0) is 46.2 Å². The van der Waals surface area contributed by atoms with Gasteiger partial charge in [-0.3, -0.25) is 0 Å². The molecule has 0 saturated carbocycles. The maximum Gasteiger partial charge on any atom is 0.0794 e. The molecule has 200 valence electrons. The Labute approximate surface area is 249 Å². The predicted octanol–water partition coefficient (Wildman–Crippen LogP) is 11.0. The lowest BCUT2D eigenvalue weighted by atomic mass is 9.92. The van der Waals surface area contributed by atoms with Crippen molar-refractivity contribution in [3.8, 4) is 28.1 Å². The summed E-state index contributed by atoms with van der Waals surface area (Å²) in [7, 11) is 0. The third-order valence-electron chi connectivity index (χ3n) is 8.76. The van der Waals surface area contributed by atoms with E-state index in [9.17, 15) is 0 Å². The highest BCUT2D eigenvalue weighted by molar-refractivity contribution is 6.21. The summed E-state index contributed by atoms with van der Waals surface area (Å²) in [6.45, 7) is 0. The van der Waals surface area contributed by atoms with Crippen molar-refractivity contribution < 1.29 is 0 Å². The molecule has 0 amide bonds. The first-order valence-corrected chi connectivity index (χ1v) is 14.7. The van der Waals surface area contributed by atoms with Crippen molar-refractivity contribution in [2.45, 2.75) is 0 Å². The summed E-state index contributed by atoms with van der Waals surface area (Å²) in [6, 6.07) is 56.7. The number of benzene rings is 7. The molecule has 7 aromatic carbocycles. The Morgan fingerprint density at radius 3 is 1.58 bits per heavy atom. The molecule has 2 heteroatoms. The molecule has 0 N–H and O–H groups in total. The van der Waals surface area contributed by atoms with Crippen LogP contribution in [0.4, 0.5) is 0 Å². The minimum absolute atomic E-state index is 1.05. The molecule has 0 atom stereocenters. The summed E-state index contributed by atoms with van der Waals surface area (Å²) in [5, 5.41) is 8.35. The minimum atomic E-state index is 1.05. The van der Waals surface area contributed by atoms with Gasteiger partial charge in [0.05, 0.1) is 22.2 Å². The number of hydrogen-bond donors (Lipinski definition) is 0. The van der Waals surface area contributed by atoms with Crippen LogP contribution in [-0.2, 0) is 0 Å². The van der Waals surface area contributed by atoms with Crippen molar-refractivity contribution in [2.75, 3.05) is 0 Å². The van der Waals surface area contributed by atoms with E-state index in [1.807, 2.05) is 0 Å². The van der Waals surface area contributed by atoms with Crippen molar-refractivity contribution in [3.05, 3.63) is 158 Å². The molecule has 2 aromatic heterocycles. The largest absolute Gasteiger partial charge is 0.309 e. The van der Waals surface area contributed by atoms with Crippen LogP contribution in [0.25, 0.3) is 82.3 Å². The number of hydrogen-bond acceptors (Lipinski definition) is 1. The standard InChI is InChI=1S/C41H26N2/c1-2-13-32(14-3-1)43-37-17-9-6-12-31(37)26-38(43)29-18-20-30(21-19-29)39-35-24-22-27-10-4-7-15-33(27)40(35)42-41-34-16-8-5-11-28(34)23-25-36(39)41/h1-26H. The van der Waals surface area contributed by atoms with Gasteiger partial charge in [-0.15, -0.1) is 0 Å². The molecule has 0 fully saturated rings. The lowest BCUT2D eigenvalue weighted by Gasteiger charge is -2.15. The number of nitrogens with zero attached hydrogens (tertiary/aromatic N) is 2. The van der Waals surface area contributed by atoms with Crippen LogP contribution < -0.4 is 0 Å². The molecule has 9 rings (SSSR count). The third kappa shape index (κ3) is 3.70. The molecule has 2 heterocycles. The number of aromatic nitrogens is 2. The van der Waals surface area contributed by atoms with E-state index in [4.69, 9.17) is 4.98 Å². The van der Waals surface area contributed by atoms with Crippen LogP contribution in [0, 0.1) is 0 Å². The summed E-state index contributed by atoms with van der Waals surface area (Å²) >= 11 is 0. The second-order valence-corrected chi connectivity index (χ2v) is 11.2. The van der Waals surface area contributed by atoms with E-state index >= 15 is 0 Å². The first kappa shape index (κ1) is 23.9. The van der Waals surface area contributed by atoms with E-state index in [0.717, 1.165) is 16.7 Å². The topological polar surface area (TPSA) is 17.8 Å². The van der Waals surface area contributed by atoms with Crippen molar-refractivity contribution >= 4 is 54.3 Å². The van der Waals surface area contributed by atoms with E-state index in [1.54, 1.807) is 0 Å². The zero-order valence-corrected chi connectivity index (χ0v) is 23.4. The van der Waals surface area contributed by atoms with Gasteiger partial charge in [-0.25, -0.2) is 4.98 Å². The van der Waals surface area contributed by atoms with Crippen LogP contribution in [0.2, 0.25) is 0 Å². The number of pyridine rings is 1. The molecule has 0 aliphatic heterocycles. The summed E-state index contributed by atoms with van der Waals surface area (Å²) in [5.41, 5.74) is 9.24. The number of rotatable bonds is 3. The smallest absolute Gasteiger partial charge is 0.0794 e. The Hall–Kier alpha value is -5.73. The van der Waals surface area contributed by atoms with E-state index in [1.165, 1.54) is 65.6 Å². The Balaban J connectivity index is 1.30.